The quantitative estimate of drug-likeness (QED) is 0.827. The monoisotopic (exact) mass is 334 g/mol. The number of amides is 2. The molecule has 2 aromatic rings. The fourth-order valence-electron chi connectivity index (χ4n) is 2.10. The Morgan fingerprint density at radius 2 is 1.50 bits per heavy atom. The first kappa shape index (κ1) is 15.7. The molecule has 0 saturated carbocycles. The van der Waals surface area contributed by atoms with Crippen molar-refractivity contribution in [1.29, 1.82) is 0 Å². The van der Waals surface area contributed by atoms with Gasteiger partial charge in [0.05, 0.1) is 0 Å². The molecule has 2 aromatic carbocycles. The molecule has 24 heavy (non-hydrogen) atoms. The summed E-state index contributed by atoms with van der Waals surface area (Å²) in [6.45, 7) is 0.798. The van der Waals surface area contributed by atoms with Gasteiger partial charge in [0, 0.05) is 11.8 Å². The van der Waals surface area contributed by atoms with Crippen LogP contribution in [0.4, 0.5) is 20.2 Å². The van der Waals surface area contributed by atoms with Gasteiger partial charge in [0.1, 0.15) is 30.5 Å². The van der Waals surface area contributed by atoms with Crippen molar-refractivity contribution in [3.05, 3.63) is 48.0 Å². The molecule has 1 heterocycles. The summed E-state index contributed by atoms with van der Waals surface area (Å²) >= 11 is 0. The van der Waals surface area contributed by atoms with E-state index in [4.69, 9.17) is 9.47 Å². The maximum Gasteiger partial charge on any atom is 0.314 e. The molecule has 1 aliphatic rings. The second kappa shape index (κ2) is 6.53. The van der Waals surface area contributed by atoms with E-state index >= 15 is 0 Å². The molecule has 0 atom stereocenters. The van der Waals surface area contributed by atoms with Crippen LogP contribution in [0.3, 0.4) is 0 Å². The number of ether oxygens (including phenoxy) is 2. The summed E-state index contributed by atoms with van der Waals surface area (Å²) < 4.78 is 37.6. The van der Waals surface area contributed by atoms with Crippen LogP contribution in [-0.2, 0) is 9.59 Å². The van der Waals surface area contributed by atoms with Gasteiger partial charge in [0.25, 0.3) is 0 Å². The van der Waals surface area contributed by atoms with Gasteiger partial charge in [-0.1, -0.05) is 6.07 Å². The average Bonchev–Trinajstić information content (AvgIpc) is 2.58. The lowest BCUT2D eigenvalue weighted by molar-refractivity contribution is -0.133. The minimum absolute atomic E-state index is 0.286. The Labute approximate surface area is 135 Å². The molecule has 0 radical (unpaired) electrons. The molecule has 0 aliphatic carbocycles. The third-order valence-corrected chi connectivity index (χ3v) is 3.21. The number of fused-ring (bicyclic) bond motifs is 1. The number of hydrogen-bond donors (Lipinski definition) is 2. The van der Waals surface area contributed by atoms with E-state index in [1.807, 2.05) is 5.32 Å². The van der Waals surface area contributed by atoms with Gasteiger partial charge in [-0.2, -0.15) is 0 Å². The van der Waals surface area contributed by atoms with Gasteiger partial charge in [-0.15, -0.1) is 0 Å². The fraction of sp³-hybridized carbons (Fsp3) is 0.125. The molecule has 0 unspecified atom stereocenters. The van der Waals surface area contributed by atoms with Crippen molar-refractivity contribution in [3.8, 4) is 11.5 Å². The summed E-state index contributed by atoms with van der Waals surface area (Å²) in [4.78, 5) is 23.7. The van der Waals surface area contributed by atoms with E-state index in [9.17, 15) is 18.4 Å². The van der Waals surface area contributed by atoms with Gasteiger partial charge in [0.15, 0.2) is 11.5 Å². The SMILES string of the molecule is O=C(Nc1ccc2c(c1)OCCO2)C(=O)Nc1c(F)cccc1F. The van der Waals surface area contributed by atoms with E-state index in [-0.39, 0.29) is 5.69 Å². The van der Waals surface area contributed by atoms with Crippen molar-refractivity contribution >= 4 is 23.2 Å². The van der Waals surface area contributed by atoms with Crippen LogP contribution in [0, 0.1) is 11.6 Å². The van der Waals surface area contributed by atoms with E-state index in [2.05, 4.69) is 5.32 Å². The maximum absolute atomic E-state index is 13.5. The summed E-state index contributed by atoms with van der Waals surface area (Å²) in [6.07, 6.45) is 0. The number of anilines is 2. The summed E-state index contributed by atoms with van der Waals surface area (Å²) in [5.41, 5.74) is -0.395. The molecular formula is C16H12F2N2O4. The third-order valence-electron chi connectivity index (χ3n) is 3.21. The first-order valence-electron chi connectivity index (χ1n) is 7.00. The minimum Gasteiger partial charge on any atom is -0.486 e. The number of hydrogen-bond acceptors (Lipinski definition) is 4. The van der Waals surface area contributed by atoms with E-state index in [0.29, 0.717) is 24.7 Å². The minimum atomic E-state index is -1.20. The Kier molecular flexibility index (Phi) is 4.28. The second-order valence-electron chi connectivity index (χ2n) is 4.86. The molecule has 8 heteroatoms. The molecule has 0 spiro atoms. The van der Waals surface area contributed by atoms with Crippen molar-refractivity contribution < 1.29 is 27.8 Å². The first-order valence-corrected chi connectivity index (χ1v) is 7.00. The molecule has 3 rings (SSSR count). The number of nitrogens with one attached hydrogen (secondary N) is 2. The first-order chi connectivity index (χ1) is 11.5. The number of halogens is 2. The van der Waals surface area contributed by atoms with E-state index in [1.54, 1.807) is 6.07 Å². The van der Waals surface area contributed by atoms with Gasteiger partial charge in [-0.25, -0.2) is 8.78 Å². The topological polar surface area (TPSA) is 76.7 Å². The van der Waals surface area contributed by atoms with Crippen molar-refractivity contribution in [2.75, 3.05) is 23.8 Å². The van der Waals surface area contributed by atoms with Crippen molar-refractivity contribution in [2.24, 2.45) is 0 Å². The summed E-state index contributed by atoms with van der Waals surface area (Å²) in [6, 6.07) is 7.68. The third kappa shape index (κ3) is 3.27. The summed E-state index contributed by atoms with van der Waals surface area (Å²) in [5.74, 6) is -3.27. The van der Waals surface area contributed by atoms with Gasteiger partial charge in [-0.3, -0.25) is 9.59 Å². The Bertz CT molecular complexity index is 790. The zero-order chi connectivity index (χ0) is 17.1. The standard InChI is InChI=1S/C16H12F2N2O4/c17-10-2-1-3-11(18)14(10)20-16(22)15(21)19-9-4-5-12-13(8-9)24-7-6-23-12/h1-5,8H,6-7H2,(H,19,21)(H,20,22). The molecular weight excluding hydrogens is 322 g/mol. The number of para-hydroxylation sites is 1. The highest BCUT2D eigenvalue weighted by molar-refractivity contribution is 6.43. The van der Waals surface area contributed by atoms with Gasteiger partial charge < -0.3 is 20.1 Å². The lowest BCUT2D eigenvalue weighted by Gasteiger charge is -2.18. The van der Waals surface area contributed by atoms with E-state index in [1.165, 1.54) is 12.1 Å². The normalized spacial score (nSPS) is 12.4. The Morgan fingerprint density at radius 1 is 0.875 bits per heavy atom. The highest BCUT2D eigenvalue weighted by atomic mass is 19.1. The van der Waals surface area contributed by atoms with Crippen LogP contribution in [0.1, 0.15) is 0 Å². The van der Waals surface area contributed by atoms with Crippen molar-refractivity contribution in [1.82, 2.24) is 0 Å². The number of carbonyl (C=O) groups is 2. The molecule has 2 amide bonds. The largest absolute Gasteiger partial charge is 0.486 e. The zero-order valence-corrected chi connectivity index (χ0v) is 12.3. The molecule has 6 nitrogen and oxygen atoms in total. The fourth-order valence-corrected chi connectivity index (χ4v) is 2.10. The highest BCUT2D eigenvalue weighted by Crippen LogP contribution is 2.32. The lowest BCUT2D eigenvalue weighted by Crippen LogP contribution is -2.29. The summed E-state index contributed by atoms with van der Waals surface area (Å²) in [7, 11) is 0. The molecule has 0 aromatic heterocycles. The predicted molar refractivity (Wildman–Crippen MR) is 81.0 cm³/mol. The van der Waals surface area contributed by atoms with Crippen molar-refractivity contribution in [2.45, 2.75) is 0 Å². The van der Waals surface area contributed by atoms with Crippen molar-refractivity contribution in [3.63, 3.8) is 0 Å². The van der Waals surface area contributed by atoms with Gasteiger partial charge in [0.2, 0.25) is 0 Å². The maximum atomic E-state index is 13.5. The van der Waals surface area contributed by atoms with Gasteiger partial charge in [-0.05, 0) is 24.3 Å². The van der Waals surface area contributed by atoms with Crippen LogP contribution in [0.15, 0.2) is 36.4 Å². The number of carbonyl (C=O) groups excluding carboxylic acids is 2. The molecule has 0 saturated heterocycles. The number of rotatable bonds is 2. The van der Waals surface area contributed by atoms with Gasteiger partial charge >= 0.3 is 11.8 Å². The smallest absolute Gasteiger partial charge is 0.314 e. The Balaban J connectivity index is 1.69. The molecule has 0 bridgehead atoms. The van der Waals surface area contributed by atoms with E-state index < -0.39 is 29.1 Å². The Hall–Kier alpha value is -3.16. The van der Waals surface area contributed by atoms with Crippen LogP contribution in [0.25, 0.3) is 0 Å². The highest BCUT2D eigenvalue weighted by Gasteiger charge is 2.19. The van der Waals surface area contributed by atoms with Crippen LogP contribution in [-0.4, -0.2) is 25.0 Å². The molecule has 124 valence electrons. The Morgan fingerprint density at radius 3 is 2.21 bits per heavy atom. The predicted octanol–water partition coefficient (Wildman–Crippen LogP) is 2.31. The van der Waals surface area contributed by atoms with Crippen LogP contribution < -0.4 is 20.1 Å². The second-order valence-corrected chi connectivity index (χ2v) is 4.86. The molecule has 2 N–H and O–H groups in total. The summed E-state index contributed by atoms with van der Waals surface area (Å²) in [5, 5.41) is 4.22. The van der Waals surface area contributed by atoms with Crippen LogP contribution in [0.2, 0.25) is 0 Å². The number of benzene rings is 2. The zero-order valence-electron chi connectivity index (χ0n) is 12.3. The van der Waals surface area contributed by atoms with E-state index in [0.717, 1.165) is 18.2 Å². The molecule has 0 fully saturated rings. The molecule has 1 aliphatic heterocycles. The lowest BCUT2D eigenvalue weighted by atomic mass is 10.2. The van der Waals surface area contributed by atoms with Crippen LogP contribution in [0.5, 0.6) is 11.5 Å². The van der Waals surface area contributed by atoms with Crippen LogP contribution >= 0.6 is 0 Å². The average molecular weight is 334 g/mol.